The maximum atomic E-state index is 13.3. The van der Waals surface area contributed by atoms with E-state index in [9.17, 15) is 9.59 Å². The Hall–Kier alpha value is -1.26. The summed E-state index contributed by atoms with van der Waals surface area (Å²) in [5.74, 6) is 2.85. The van der Waals surface area contributed by atoms with Gasteiger partial charge in [-0.05, 0) is 69.1 Å². The third kappa shape index (κ3) is 2.72. The molecule has 5 heteroatoms. The lowest BCUT2D eigenvalue weighted by Crippen LogP contribution is -2.56. The molecule has 0 atom stereocenters. The average molecular weight is 320 g/mol. The van der Waals surface area contributed by atoms with Crippen LogP contribution in [0.5, 0.6) is 0 Å². The summed E-state index contributed by atoms with van der Waals surface area (Å²) in [7, 11) is 1.39. The topological polar surface area (TPSA) is 58.6 Å². The number of nitrogens with zero attached hydrogens (tertiary/aromatic N) is 1. The Morgan fingerprint density at radius 2 is 1.52 bits per heavy atom. The maximum absolute atomic E-state index is 13.3. The van der Waals surface area contributed by atoms with Gasteiger partial charge in [-0.3, -0.25) is 4.79 Å². The van der Waals surface area contributed by atoms with Crippen molar-refractivity contribution in [3.8, 4) is 0 Å². The Kier molecular flexibility index (Phi) is 3.77. The number of alkyl carbamates (subject to hydrolysis) is 1. The highest BCUT2D eigenvalue weighted by molar-refractivity contribution is 5.83. The number of hydrogen-bond donors (Lipinski definition) is 1. The first-order valence-corrected chi connectivity index (χ1v) is 9.22. The Bertz CT molecular complexity index is 461. The molecule has 5 rings (SSSR count). The van der Waals surface area contributed by atoms with Gasteiger partial charge in [-0.15, -0.1) is 0 Å². The summed E-state index contributed by atoms with van der Waals surface area (Å²) in [6.07, 6.45) is 8.85. The third-order valence-electron chi connectivity index (χ3n) is 6.78. The summed E-state index contributed by atoms with van der Waals surface area (Å²) in [4.78, 5) is 26.6. The van der Waals surface area contributed by atoms with Gasteiger partial charge in [0.1, 0.15) is 0 Å². The molecule has 0 aromatic rings. The molecular weight excluding hydrogens is 292 g/mol. The monoisotopic (exact) mass is 320 g/mol. The van der Waals surface area contributed by atoms with E-state index >= 15 is 0 Å². The largest absolute Gasteiger partial charge is 0.453 e. The summed E-state index contributed by atoms with van der Waals surface area (Å²) >= 11 is 0. The molecule has 1 N–H and O–H groups in total. The van der Waals surface area contributed by atoms with E-state index in [4.69, 9.17) is 0 Å². The van der Waals surface area contributed by atoms with Gasteiger partial charge in [0.25, 0.3) is 0 Å². The molecule has 23 heavy (non-hydrogen) atoms. The van der Waals surface area contributed by atoms with Gasteiger partial charge in [-0.1, -0.05) is 0 Å². The van der Waals surface area contributed by atoms with Gasteiger partial charge in [-0.25, -0.2) is 4.79 Å². The highest BCUT2D eigenvalue weighted by Crippen LogP contribution is 2.60. The minimum Gasteiger partial charge on any atom is -0.453 e. The summed E-state index contributed by atoms with van der Waals surface area (Å²) in [5.41, 5.74) is -0.0304. The van der Waals surface area contributed by atoms with Crippen molar-refractivity contribution in [2.24, 2.45) is 23.2 Å². The second kappa shape index (κ2) is 5.67. The van der Waals surface area contributed by atoms with Crippen molar-refractivity contribution in [2.75, 3.05) is 20.2 Å². The van der Waals surface area contributed by atoms with Gasteiger partial charge in [0.05, 0.1) is 12.5 Å². The number of hydrogen-bond acceptors (Lipinski definition) is 3. The molecule has 5 fully saturated rings. The molecule has 0 aromatic carbocycles. The Morgan fingerprint density at radius 3 is 2.00 bits per heavy atom. The van der Waals surface area contributed by atoms with E-state index in [1.54, 1.807) is 0 Å². The van der Waals surface area contributed by atoms with E-state index < -0.39 is 0 Å². The fourth-order valence-corrected chi connectivity index (χ4v) is 6.16. The van der Waals surface area contributed by atoms with E-state index in [2.05, 4.69) is 15.0 Å². The van der Waals surface area contributed by atoms with Gasteiger partial charge in [0, 0.05) is 19.1 Å². The molecular formula is C18H28N2O3. The first kappa shape index (κ1) is 15.3. The van der Waals surface area contributed by atoms with Crippen molar-refractivity contribution in [1.29, 1.82) is 0 Å². The molecule has 0 radical (unpaired) electrons. The third-order valence-corrected chi connectivity index (χ3v) is 6.78. The van der Waals surface area contributed by atoms with Gasteiger partial charge in [-0.2, -0.15) is 0 Å². The fourth-order valence-electron chi connectivity index (χ4n) is 6.16. The van der Waals surface area contributed by atoms with E-state index in [1.165, 1.54) is 26.4 Å². The van der Waals surface area contributed by atoms with Gasteiger partial charge in [0.2, 0.25) is 5.91 Å². The van der Waals surface area contributed by atoms with Crippen LogP contribution in [-0.2, 0) is 9.53 Å². The zero-order valence-electron chi connectivity index (χ0n) is 14.1. The van der Waals surface area contributed by atoms with Crippen molar-refractivity contribution in [2.45, 2.75) is 57.4 Å². The Balaban J connectivity index is 1.38. The first-order valence-electron chi connectivity index (χ1n) is 9.22. The second-order valence-corrected chi connectivity index (χ2v) is 8.40. The number of carbonyl (C=O) groups is 2. The summed E-state index contributed by atoms with van der Waals surface area (Å²) < 4.78 is 4.66. The number of amides is 2. The molecule has 1 heterocycles. The van der Waals surface area contributed by atoms with Crippen molar-refractivity contribution in [1.82, 2.24) is 10.2 Å². The van der Waals surface area contributed by atoms with E-state index in [0.717, 1.165) is 62.9 Å². The molecule has 1 aliphatic heterocycles. The molecule has 128 valence electrons. The smallest absolute Gasteiger partial charge is 0.407 e. The predicted octanol–water partition coefficient (Wildman–Crippen LogP) is 2.55. The van der Waals surface area contributed by atoms with Crippen LogP contribution in [0.2, 0.25) is 0 Å². The van der Waals surface area contributed by atoms with Crippen molar-refractivity contribution in [3.63, 3.8) is 0 Å². The van der Waals surface area contributed by atoms with Gasteiger partial charge in [0.15, 0.2) is 0 Å². The molecule has 1 saturated heterocycles. The van der Waals surface area contributed by atoms with E-state index in [0.29, 0.717) is 5.91 Å². The van der Waals surface area contributed by atoms with Crippen LogP contribution in [0.4, 0.5) is 4.79 Å². The van der Waals surface area contributed by atoms with Crippen LogP contribution in [0.15, 0.2) is 0 Å². The minimum atomic E-state index is -0.365. The van der Waals surface area contributed by atoms with Crippen molar-refractivity contribution >= 4 is 12.0 Å². The van der Waals surface area contributed by atoms with Crippen LogP contribution in [0.1, 0.15) is 51.4 Å². The summed E-state index contributed by atoms with van der Waals surface area (Å²) in [6, 6.07) is 0.142. The van der Waals surface area contributed by atoms with Gasteiger partial charge >= 0.3 is 6.09 Å². The van der Waals surface area contributed by atoms with Crippen LogP contribution in [0, 0.1) is 23.2 Å². The highest BCUT2D eigenvalue weighted by atomic mass is 16.5. The average Bonchev–Trinajstić information content (AvgIpc) is 2.53. The van der Waals surface area contributed by atoms with Gasteiger partial charge < -0.3 is 15.0 Å². The number of piperidine rings is 1. The number of nitrogens with one attached hydrogen (secondary N) is 1. The molecule has 4 aliphatic carbocycles. The normalized spacial score (nSPS) is 39.3. The SMILES string of the molecule is COC(=O)NC1CCN(C(=O)C23CC4CC(CC(C4)C2)C3)CC1. The van der Waals surface area contributed by atoms with E-state index in [1.807, 2.05) is 0 Å². The Labute approximate surface area is 138 Å². The zero-order chi connectivity index (χ0) is 16.0. The lowest BCUT2D eigenvalue weighted by atomic mass is 9.49. The number of carbonyl (C=O) groups excluding carboxylic acids is 2. The maximum Gasteiger partial charge on any atom is 0.407 e. The minimum absolute atomic E-state index is 0.0304. The molecule has 5 aliphatic rings. The molecule has 4 bridgehead atoms. The first-order chi connectivity index (χ1) is 11.1. The highest BCUT2D eigenvalue weighted by Gasteiger charge is 2.55. The molecule has 5 nitrogen and oxygen atoms in total. The zero-order valence-corrected chi connectivity index (χ0v) is 14.1. The second-order valence-electron chi connectivity index (χ2n) is 8.40. The molecule has 0 spiro atoms. The molecule has 0 aromatic heterocycles. The predicted molar refractivity (Wildman–Crippen MR) is 85.7 cm³/mol. The van der Waals surface area contributed by atoms with Crippen LogP contribution >= 0.6 is 0 Å². The van der Waals surface area contributed by atoms with Crippen molar-refractivity contribution < 1.29 is 14.3 Å². The lowest BCUT2D eigenvalue weighted by molar-refractivity contribution is -0.158. The van der Waals surface area contributed by atoms with Crippen LogP contribution in [-0.4, -0.2) is 43.1 Å². The van der Waals surface area contributed by atoms with E-state index in [-0.39, 0.29) is 17.6 Å². The molecule has 0 unspecified atom stereocenters. The number of rotatable bonds is 2. The van der Waals surface area contributed by atoms with Crippen LogP contribution < -0.4 is 5.32 Å². The fraction of sp³-hybridized carbons (Fsp3) is 0.889. The molecule has 2 amide bonds. The van der Waals surface area contributed by atoms with Crippen LogP contribution in [0.25, 0.3) is 0 Å². The van der Waals surface area contributed by atoms with Crippen LogP contribution in [0.3, 0.4) is 0 Å². The van der Waals surface area contributed by atoms with Crippen molar-refractivity contribution in [3.05, 3.63) is 0 Å². The summed E-state index contributed by atoms with van der Waals surface area (Å²) in [5, 5.41) is 2.86. The summed E-state index contributed by atoms with van der Waals surface area (Å²) in [6.45, 7) is 1.55. The quantitative estimate of drug-likeness (QED) is 0.850. The number of ether oxygens (including phenoxy) is 1. The molecule has 4 saturated carbocycles. The number of methoxy groups -OCH3 is 1. The number of likely N-dealkylation sites (tertiary alicyclic amines) is 1. The Morgan fingerprint density at radius 1 is 1.00 bits per heavy atom. The lowest BCUT2D eigenvalue weighted by Gasteiger charge is -2.57. The standard InChI is InChI=1S/C18H28N2O3/c1-23-17(22)19-15-2-4-20(5-3-15)16(21)18-9-12-6-13(10-18)8-14(7-12)11-18/h12-15H,2-11H2,1H3,(H,19,22).